The molecule has 7 rings (SSSR count). The Morgan fingerprint density at radius 1 is 1.05 bits per heavy atom. The number of hydrogen-bond donors (Lipinski definition) is 2. The third-order valence-corrected chi connectivity index (χ3v) is 7.95. The Balaban J connectivity index is 1.27. The summed E-state index contributed by atoms with van der Waals surface area (Å²) in [6, 6.07) is 9.89. The summed E-state index contributed by atoms with van der Waals surface area (Å²) in [6.45, 7) is 1.51. The maximum atomic E-state index is 13.1. The van der Waals surface area contributed by atoms with Crippen molar-refractivity contribution in [1.82, 2.24) is 44.5 Å². The first-order chi connectivity index (χ1) is 19.0. The van der Waals surface area contributed by atoms with Crippen LogP contribution in [0.3, 0.4) is 0 Å². The molecule has 12 nitrogen and oxygen atoms in total. The van der Waals surface area contributed by atoms with Crippen molar-refractivity contribution in [3.05, 3.63) is 72.3 Å². The monoisotopic (exact) mass is 522 g/mol. The van der Waals surface area contributed by atoms with Crippen molar-refractivity contribution < 1.29 is 9.59 Å². The van der Waals surface area contributed by atoms with Crippen LogP contribution in [-0.2, 0) is 0 Å². The van der Waals surface area contributed by atoms with Crippen LogP contribution < -0.4 is 5.73 Å². The predicted octanol–water partition coefficient (Wildman–Crippen LogP) is 3.04. The molecule has 1 amide bonds. The smallest absolute Gasteiger partial charge is 0.292 e. The first kappa shape index (κ1) is 23.3. The molecular formula is C27H26N10O2. The van der Waals surface area contributed by atoms with Crippen molar-refractivity contribution in [3.63, 3.8) is 0 Å². The molecule has 196 valence electrons. The molecule has 2 aliphatic heterocycles. The number of nitrogens with zero attached hydrogens (tertiary/aromatic N) is 8. The van der Waals surface area contributed by atoms with E-state index in [0.717, 1.165) is 29.7 Å². The minimum Gasteiger partial charge on any atom is -0.383 e. The summed E-state index contributed by atoms with van der Waals surface area (Å²) in [5, 5.41) is 16.7. The van der Waals surface area contributed by atoms with Gasteiger partial charge in [0.15, 0.2) is 11.4 Å². The van der Waals surface area contributed by atoms with Crippen LogP contribution >= 0.6 is 0 Å². The van der Waals surface area contributed by atoms with Crippen LogP contribution in [0.5, 0.6) is 0 Å². The molecule has 2 saturated heterocycles. The number of aromatic amines is 1. The SMILES string of the molecule is CC(=O)c1c([C@@H]2C[C@H]3CC[C@@H](C2)N3C(=O)c2nnc[nH]2)nc2c(-c3cnn(-c4ccccc4)c3)cnn2c1N. The fourth-order valence-electron chi connectivity index (χ4n) is 6.24. The van der Waals surface area contributed by atoms with Crippen LogP contribution in [-0.4, -0.2) is 68.2 Å². The minimum absolute atomic E-state index is 0.0257. The quantitative estimate of drug-likeness (QED) is 0.334. The lowest BCUT2D eigenvalue weighted by molar-refractivity contribution is 0.0556. The number of anilines is 1. The molecule has 0 radical (unpaired) electrons. The summed E-state index contributed by atoms with van der Waals surface area (Å²) in [6.07, 6.45) is 9.99. The van der Waals surface area contributed by atoms with E-state index >= 15 is 0 Å². The molecule has 6 heterocycles. The van der Waals surface area contributed by atoms with E-state index in [1.807, 2.05) is 41.4 Å². The number of carbonyl (C=O) groups excluding carboxylic acids is 2. The summed E-state index contributed by atoms with van der Waals surface area (Å²) >= 11 is 0. The Morgan fingerprint density at radius 2 is 1.82 bits per heavy atom. The molecule has 0 unspecified atom stereocenters. The Hall–Kier alpha value is -4.87. The zero-order valence-corrected chi connectivity index (χ0v) is 21.2. The summed E-state index contributed by atoms with van der Waals surface area (Å²) in [5.74, 6) is 0.206. The molecule has 3 N–H and O–H groups in total. The number of ketones is 1. The van der Waals surface area contributed by atoms with Gasteiger partial charge in [0.05, 0.1) is 29.3 Å². The summed E-state index contributed by atoms with van der Waals surface area (Å²) < 4.78 is 3.33. The lowest BCUT2D eigenvalue weighted by Crippen LogP contribution is -2.46. The second-order valence-electron chi connectivity index (χ2n) is 10.2. The van der Waals surface area contributed by atoms with E-state index in [-0.39, 0.29) is 41.3 Å². The molecule has 2 aliphatic rings. The first-order valence-electron chi connectivity index (χ1n) is 13.0. The number of para-hydroxylation sites is 1. The minimum atomic E-state index is -0.154. The van der Waals surface area contributed by atoms with Crippen LogP contribution in [0, 0.1) is 0 Å². The standard InChI is InChI=1S/C27H26N10O2/c1-15(38)22-23(16-9-19-7-8-20(10-16)36(19)27(39)25-29-14-30-34-25)33-26-21(12-32-37(26)24(22)28)17-11-31-35(13-17)18-5-3-2-4-6-18/h2-6,11-14,16,19-20H,7-10,28H2,1H3,(H,29,30,34)/t16-,19-,20+. The van der Waals surface area contributed by atoms with Crippen molar-refractivity contribution in [2.45, 2.75) is 50.6 Å². The molecule has 2 bridgehead atoms. The Morgan fingerprint density at radius 3 is 2.51 bits per heavy atom. The van der Waals surface area contributed by atoms with Gasteiger partial charge in [-0.25, -0.2) is 9.67 Å². The Bertz CT molecular complexity index is 1690. The number of benzene rings is 1. The molecule has 12 heteroatoms. The van der Waals surface area contributed by atoms with Crippen molar-refractivity contribution in [3.8, 4) is 16.8 Å². The van der Waals surface area contributed by atoms with Gasteiger partial charge in [-0.05, 0) is 44.7 Å². The average molecular weight is 523 g/mol. The van der Waals surface area contributed by atoms with Gasteiger partial charge < -0.3 is 15.6 Å². The van der Waals surface area contributed by atoms with Crippen LogP contribution in [0.2, 0.25) is 0 Å². The molecule has 5 aromatic rings. The normalized spacial score (nSPS) is 20.5. The number of nitrogen functional groups attached to an aromatic ring is 1. The lowest BCUT2D eigenvalue weighted by atomic mass is 9.85. The molecular weight excluding hydrogens is 496 g/mol. The first-order valence-corrected chi connectivity index (χ1v) is 13.0. The highest BCUT2D eigenvalue weighted by atomic mass is 16.2. The van der Waals surface area contributed by atoms with E-state index in [9.17, 15) is 9.59 Å². The van der Waals surface area contributed by atoms with Crippen molar-refractivity contribution in [2.24, 2.45) is 0 Å². The number of nitrogens with one attached hydrogen (secondary N) is 1. The molecule has 0 saturated carbocycles. The number of amides is 1. The van der Waals surface area contributed by atoms with E-state index in [1.54, 1.807) is 17.1 Å². The average Bonchev–Trinajstić information content (AvgIpc) is 3.74. The van der Waals surface area contributed by atoms with E-state index in [1.165, 1.54) is 17.8 Å². The number of aromatic nitrogens is 8. The maximum absolute atomic E-state index is 13.1. The van der Waals surface area contributed by atoms with Gasteiger partial charge in [0.2, 0.25) is 5.82 Å². The van der Waals surface area contributed by atoms with Gasteiger partial charge in [-0.15, -0.1) is 10.2 Å². The van der Waals surface area contributed by atoms with E-state index in [0.29, 0.717) is 29.7 Å². The molecule has 1 aromatic carbocycles. The number of rotatable bonds is 5. The highest BCUT2D eigenvalue weighted by Crippen LogP contribution is 2.45. The van der Waals surface area contributed by atoms with E-state index in [2.05, 4.69) is 25.4 Å². The number of H-pyrrole nitrogens is 1. The highest BCUT2D eigenvalue weighted by molar-refractivity contribution is 6.00. The topological polar surface area (TPSA) is 153 Å². The fourth-order valence-corrected chi connectivity index (χ4v) is 6.24. The van der Waals surface area contributed by atoms with Gasteiger partial charge >= 0.3 is 0 Å². The Kier molecular flexibility index (Phi) is 5.28. The summed E-state index contributed by atoms with van der Waals surface area (Å²) in [4.78, 5) is 35.8. The molecule has 0 aliphatic carbocycles. The van der Waals surface area contributed by atoms with Gasteiger partial charge in [-0.3, -0.25) is 9.59 Å². The second-order valence-corrected chi connectivity index (χ2v) is 10.2. The Labute approximate surface area is 222 Å². The lowest BCUT2D eigenvalue weighted by Gasteiger charge is -2.38. The third kappa shape index (κ3) is 3.70. The van der Waals surface area contributed by atoms with Gasteiger partial charge in [0.25, 0.3) is 5.91 Å². The number of piperidine rings is 1. The van der Waals surface area contributed by atoms with Crippen LogP contribution in [0.15, 0.2) is 55.2 Å². The second kappa shape index (κ2) is 8.86. The molecule has 3 atom stereocenters. The van der Waals surface area contributed by atoms with Gasteiger partial charge in [-0.2, -0.15) is 14.7 Å². The summed E-state index contributed by atoms with van der Waals surface area (Å²) in [7, 11) is 0. The van der Waals surface area contributed by atoms with E-state index < -0.39 is 0 Å². The van der Waals surface area contributed by atoms with Gasteiger partial charge in [0.1, 0.15) is 12.1 Å². The number of fused-ring (bicyclic) bond motifs is 3. The molecule has 0 spiro atoms. The number of carbonyl (C=O) groups is 2. The summed E-state index contributed by atoms with van der Waals surface area (Å²) in [5.41, 5.74) is 10.8. The maximum Gasteiger partial charge on any atom is 0.292 e. The van der Waals surface area contributed by atoms with E-state index in [4.69, 9.17) is 10.7 Å². The van der Waals surface area contributed by atoms with Gasteiger partial charge in [0, 0.05) is 35.3 Å². The molecule has 4 aromatic heterocycles. The zero-order chi connectivity index (χ0) is 26.7. The number of hydrogen-bond acceptors (Lipinski definition) is 8. The highest BCUT2D eigenvalue weighted by Gasteiger charge is 2.45. The zero-order valence-electron chi connectivity index (χ0n) is 21.2. The van der Waals surface area contributed by atoms with Crippen LogP contribution in [0.4, 0.5) is 5.82 Å². The van der Waals surface area contributed by atoms with Crippen molar-refractivity contribution in [2.75, 3.05) is 5.73 Å². The predicted molar refractivity (Wildman–Crippen MR) is 141 cm³/mol. The van der Waals surface area contributed by atoms with Crippen LogP contribution in [0.1, 0.15) is 65.2 Å². The fraction of sp³-hybridized carbons (Fsp3) is 0.296. The molecule has 39 heavy (non-hydrogen) atoms. The molecule has 2 fully saturated rings. The number of Topliss-reactive ketones (excluding diaryl/α,β-unsaturated/α-hetero) is 1. The third-order valence-electron chi connectivity index (χ3n) is 7.95. The largest absolute Gasteiger partial charge is 0.383 e. The number of nitrogens with two attached hydrogens (primary N) is 1. The van der Waals surface area contributed by atoms with Gasteiger partial charge in [-0.1, -0.05) is 18.2 Å². The van der Waals surface area contributed by atoms with Crippen molar-refractivity contribution >= 4 is 23.2 Å². The van der Waals surface area contributed by atoms with Crippen LogP contribution in [0.25, 0.3) is 22.5 Å². The van der Waals surface area contributed by atoms with Crippen molar-refractivity contribution in [1.29, 1.82) is 0 Å².